The van der Waals surface area contributed by atoms with Gasteiger partial charge in [0.25, 0.3) is 5.78 Å². The molecule has 0 aromatic heterocycles. The van der Waals surface area contributed by atoms with E-state index in [4.69, 9.17) is 38.3 Å². The minimum absolute atomic E-state index is 0.0747. The average Bonchev–Trinajstić information content (AvgIpc) is 3.14. The molecule has 2 saturated heterocycles. The van der Waals surface area contributed by atoms with E-state index in [1.165, 1.54) is 55.5 Å². The van der Waals surface area contributed by atoms with Crippen LogP contribution in [0.25, 0.3) is 6.08 Å². The second-order valence-corrected chi connectivity index (χ2v) is 13.2. The molecule has 294 valence electrons. The van der Waals surface area contributed by atoms with Gasteiger partial charge in [0.15, 0.2) is 23.9 Å². The van der Waals surface area contributed by atoms with Crippen LogP contribution < -0.4 is 18.9 Å². The lowest BCUT2D eigenvalue weighted by Crippen LogP contribution is -2.70. The first-order valence-corrected chi connectivity index (χ1v) is 16.8. The Hall–Kier alpha value is -5.06. The SMILES string of the molecule is C[C@@H]1O[C@@H](O[C@H]2C(Oc3cc(O)c4c(c3)OC3(c5ccc(O)cc5)Oc5cc(/C=C/C(=O)O)ccc5OC3(O)C4=O)O[C@H](CO)[C@@H](O)[C@@H]2O)[C@H](O)[C@H](O)[C@H]1O. The first-order chi connectivity index (χ1) is 26.1. The van der Waals surface area contributed by atoms with Gasteiger partial charge in [-0.15, -0.1) is 0 Å². The van der Waals surface area contributed by atoms with Gasteiger partial charge in [-0.1, -0.05) is 6.07 Å². The first kappa shape index (κ1) is 38.2. The van der Waals surface area contributed by atoms with Crippen LogP contribution >= 0.6 is 0 Å². The van der Waals surface area contributed by atoms with Gasteiger partial charge >= 0.3 is 17.5 Å². The highest BCUT2D eigenvalue weighted by Crippen LogP contribution is 2.55. The number of carboxylic acids is 1. The normalized spacial score (nSPS) is 35.4. The molecule has 0 aliphatic carbocycles. The number of aliphatic hydroxyl groups excluding tert-OH is 6. The number of aliphatic hydroxyl groups is 7. The number of aromatic hydroxyl groups is 2. The predicted octanol–water partition coefficient (Wildman–Crippen LogP) is -1.19. The molecule has 2 fully saturated rings. The maximum atomic E-state index is 14.3. The van der Waals surface area contributed by atoms with Gasteiger partial charge in [-0.05, 0) is 55.0 Å². The molecular formula is C36H36O19. The van der Waals surface area contributed by atoms with Crippen molar-refractivity contribution >= 4 is 17.8 Å². The highest BCUT2D eigenvalue weighted by Gasteiger charge is 2.70. The summed E-state index contributed by atoms with van der Waals surface area (Å²) in [6.07, 6.45) is -14.3. The maximum absolute atomic E-state index is 14.3. The van der Waals surface area contributed by atoms with E-state index in [-0.39, 0.29) is 28.6 Å². The molecule has 10 N–H and O–H groups in total. The van der Waals surface area contributed by atoms with E-state index >= 15 is 0 Å². The van der Waals surface area contributed by atoms with Crippen LogP contribution in [-0.4, -0.2) is 137 Å². The molecule has 3 aromatic carbocycles. The zero-order valence-corrected chi connectivity index (χ0v) is 28.5. The summed E-state index contributed by atoms with van der Waals surface area (Å²) in [7, 11) is 0. The summed E-state index contributed by atoms with van der Waals surface area (Å²) in [6.45, 7) is 0.565. The predicted molar refractivity (Wildman–Crippen MR) is 178 cm³/mol. The van der Waals surface area contributed by atoms with Gasteiger partial charge in [-0.3, -0.25) is 4.79 Å². The van der Waals surface area contributed by atoms with Crippen LogP contribution in [-0.2, 0) is 24.8 Å². The number of ketones is 1. The van der Waals surface area contributed by atoms with E-state index in [0.717, 1.165) is 18.2 Å². The number of phenols is 2. The molecule has 4 aliphatic heterocycles. The Morgan fingerprint density at radius 1 is 0.818 bits per heavy atom. The van der Waals surface area contributed by atoms with Crippen molar-refractivity contribution in [2.75, 3.05) is 6.61 Å². The highest BCUT2D eigenvalue weighted by molar-refractivity contribution is 6.08. The molecule has 12 atom stereocenters. The fourth-order valence-corrected chi connectivity index (χ4v) is 6.68. The Morgan fingerprint density at radius 3 is 2.22 bits per heavy atom. The van der Waals surface area contributed by atoms with Crippen molar-refractivity contribution in [2.24, 2.45) is 0 Å². The number of benzene rings is 3. The number of carbonyl (C=O) groups is 2. The quantitative estimate of drug-likeness (QED) is 0.120. The van der Waals surface area contributed by atoms with Gasteiger partial charge < -0.3 is 84.2 Å². The lowest BCUT2D eigenvalue weighted by Gasteiger charge is -2.50. The zero-order valence-electron chi connectivity index (χ0n) is 28.5. The molecule has 0 spiro atoms. The number of Topliss-reactive ketones (excluding diaryl/α,β-unsaturated/α-hetero) is 1. The lowest BCUT2D eigenvalue weighted by molar-refractivity contribution is -0.354. The topological polar surface area (TPSA) is 301 Å². The fourth-order valence-electron chi connectivity index (χ4n) is 6.68. The summed E-state index contributed by atoms with van der Waals surface area (Å²) < 4.78 is 41.2. The smallest absolute Gasteiger partial charge is 0.357 e. The van der Waals surface area contributed by atoms with E-state index in [2.05, 4.69) is 0 Å². The summed E-state index contributed by atoms with van der Waals surface area (Å²) in [6, 6.07) is 11.0. The number of phenolic OH excluding ortho intramolecular Hbond substituents is 2. The average molecular weight is 773 g/mol. The van der Waals surface area contributed by atoms with Crippen molar-refractivity contribution in [3.8, 4) is 34.5 Å². The number of hydrogen-bond donors (Lipinski definition) is 10. The number of aliphatic carboxylic acids is 1. The van der Waals surface area contributed by atoms with Crippen molar-refractivity contribution in [2.45, 2.75) is 79.9 Å². The van der Waals surface area contributed by atoms with Crippen LogP contribution in [0.5, 0.6) is 34.5 Å². The third kappa shape index (κ3) is 6.49. The number of rotatable bonds is 8. The minimum Gasteiger partial charge on any atom is -0.508 e. The van der Waals surface area contributed by atoms with Crippen molar-refractivity contribution in [1.82, 2.24) is 0 Å². The van der Waals surface area contributed by atoms with Gasteiger partial charge in [0, 0.05) is 23.8 Å². The van der Waals surface area contributed by atoms with Crippen LogP contribution in [0, 0.1) is 0 Å². The van der Waals surface area contributed by atoms with E-state index in [9.17, 15) is 55.5 Å². The third-order valence-electron chi connectivity index (χ3n) is 9.61. The van der Waals surface area contributed by atoms with Crippen LogP contribution in [0.1, 0.15) is 28.4 Å². The van der Waals surface area contributed by atoms with Gasteiger partial charge in [0.05, 0.1) is 12.7 Å². The summed E-state index contributed by atoms with van der Waals surface area (Å²) in [5.41, 5.74) is -0.358. The molecule has 55 heavy (non-hydrogen) atoms. The third-order valence-corrected chi connectivity index (χ3v) is 9.61. The van der Waals surface area contributed by atoms with E-state index in [1.54, 1.807) is 0 Å². The summed E-state index contributed by atoms with van der Waals surface area (Å²) in [5.74, 6) is -10.2. The first-order valence-electron chi connectivity index (χ1n) is 16.8. The standard InChI is InChI=1S/C36H36O19/c1-14-26(42)28(44)30(46)33(49-14)52-31-29(45)27(43)23(13-37)51-34(31)50-18-11-19(39)25-22(12-18)55-36(16-4-6-17(38)7-5-16)35(48,32(25)47)53-20-8-2-15(3-9-24(40)41)10-21(20)54-36/h2-12,14,23,26-31,33-34,37-39,42-46,48H,13H2,1H3,(H,40,41)/b9-3+/t14-,23+,26-,27+,28+,29-,30+,31+,33-,34?,35?,36?/m0/s1. The van der Waals surface area contributed by atoms with E-state index in [0.29, 0.717) is 5.56 Å². The molecule has 4 heterocycles. The van der Waals surface area contributed by atoms with Gasteiger partial charge in [0.1, 0.15) is 65.2 Å². The molecule has 7 rings (SSSR count). The molecule has 0 amide bonds. The summed E-state index contributed by atoms with van der Waals surface area (Å²) in [5, 5.41) is 105. The molecular weight excluding hydrogens is 736 g/mol. The fraction of sp³-hybridized carbons (Fsp3) is 0.389. The van der Waals surface area contributed by atoms with Gasteiger partial charge in [-0.2, -0.15) is 0 Å². The Labute approximate surface area is 309 Å². The van der Waals surface area contributed by atoms with E-state index in [1.807, 2.05) is 0 Å². The molecule has 3 aromatic rings. The highest BCUT2D eigenvalue weighted by atomic mass is 16.8. The second-order valence-electron chi connectivity index (χ2n) is 13.2. The Bertz CT molecular complexity index is 1990. The second kappa shape index (κ2) is 14.2. The number of ether oxygens (including phenoxy) is 7. The Kier molecular flexibility index (Phi) is 9.88. The molecule has 0 bridgehead atoms. The Morgan fingerprint density at radius 2 is 1.53 bits per heavy atom. The number of fused-ring (bicyclic) bond motifs is 3. The molecule has 19 nitrogen and oxygen atoms in total. The molecule has 0 saturated carbocycles. The van der Waals surface area contributed by atoms with Crippen molar-refractivity contribution < 1.29 is 93.8 Å². The number of carboxylic acid groups (broad SMARTS) is 1. The zero-order chi connectivity index (χ0) is 39.6. The van der Waals surface area contributed by atoms with Gasteiger partial charge in [0.2, 0.25) is 6.29 Å². The minimum atomic E-state index is -3.04. The van der Waals surface area contributed by atoms with Crippen molar-refractivity contribution in [3.63, 3.8) is 0 Å². The molecule has 3 unspecified atom stereocenters. The lowest BCUT2D eigenvalue weighted by atomic mass is 9.85. The van der Waals surface area contributed by atoms with Crippen molar-refractivity contribution in [1.29, 1.82) is 0 Å². The summed E-state index contributed by atoms with van der Waals surface area (Å²) in [4.78, 5) is 25.4. The monoisotopic (exact) mass is 772 g/mol. The van der Waals surface area contributed by atoms with Crippen molar-refractivity contribution in [3.05, 3.63) is 77.4 Å². The number of carbonyl (C=O) groups excluding carboxylic acids is 1. The molecule has 4 aliphatic rings. The van der Waals surface area contributed by atoms with Crippen LogP contribution in [0.15, 0.2) is 60.7 Å². The maximum Gasteiger partial charge on any atom is 0.357 e. The molecule has 19 heteroatoms. The van der Waals surface area contributed by atoms with Gasteiger partial charge in [-0.25, -0.2) is 4.79 Å². The largest absolute Gasteiger partial charge is 0.508 e. The Balaban J connectivity index is 1.27. The van der Waals surface area contributed by atoms with Crippen LogP contribution in [0.2, 0.25) is 0 Å². The number of hydrogen-bond acceptors (Lipinski definition) is 18. The van der Waals surface area contributed by atoms with E-state index < -0.39 is 108 Å². The molecule has 0 radical (unpaired) electrons. The van der Waals surface area contributed by atoms with Crippen LogP contribution in [0.3, 0.4) is 0 Å². The van der Waals surface area contributed by atoms with Crippen LogP contribution in [0.4, 0.5) is 0 Å². The summed E-state index contributed by atoms with van der Waals surface area (Å²) >= 11 is 0.